The molecule has 0 amide bonds. The maximum atomic E-state index is 10.8. The molecule has 0 radical (unpaired) electrons. The number of rotatable bonds is 3. The summed E-state index contributed by atoms with van der Waals surface area (Å²) in [6.45, 7) is 6.77. The minimum Gasteiger partial charge on any atom is -0.507 e. The summed E-state index contributed by atoms with van der Waals surface area (Å²) < 4.78 is 0. The molecule has 0 aliphatic heterocycles. The molecular weight excluding hydrogens is 298 g/mol. The molecule has 3 heteroatoms. The van der Waals surface area contributed by atoms with Gasteiger partial charge in [-0.2, -0.15) is 0 Å². The Morgan fingerprint density at radius 3 is 2.26 bits per heavy atom. The minimum absolute atomic E-state index is 0.377. The average molecular weight is 319 g/mol. The van der Waals surface area contributed by atoms with Gasteiger partial charge in [-0.3, -0.25) is 4.99 Å². The van der Waals surface area contributed by atoms with Crippen molar-refractivity contribution in [3.63, 3.8) is 0 Å². The van der Waals surface area contributed by atoms with Crippen LogP contribution in [0.25, 0.3) is 10.8 Å². The number of hydrogen-bond donors (Lipinski definition) is 1. The van der Waals surface area contributed by atoms with E-state index < -0.39 is 8.07 Å². The molecule has 0 atom stereocenters. The van der Waals surface area contributed by atoms with Crippen molar-refractivity contribution in [2.75, 3.05) is 0 Å². The Hall–Kier alpha value is -2.39. The second-order valence-electron chi connectivity index (χ2n) is 6.75. The second-order valence-corrected chi connectivity index (χ2v) is 11.8. The van der Waals surface area contributed by atoms with Crippen molar-refractivity contribution < 1.29 is 5.11 Å². The van der Waals surface area contributed by atoms with Crippen molar-refractivity contribution in [1.82, 2.24) is 0 Å². The first kappa shape index (κ1) is 15.5. The van der Waals surface area contributed by atoms with Crippen LogP contribution in [0.2, 0.25) is 19.6 Å². The van der Waals surface area contributed by atoms with Gasteiger partial charge in [-0.05, 0) is 34.2 Å². The molecule has 0 aromatic heterocycles. The molecule has 3 aromatic rings. The lowest BCUT2D eigenvalue weighted by Gasteiger charge is -2.22. The second kappa shape index (κ2) is 6.01. The van der Waals surface area contributed by atoms with Crippen LogP contribution in [0, 0.1) is 0 Å². The van der Waals surface area contributed by atoms with Gasteiger partial charge in [0, 0.05) is 11.8 Å². The third-order valence-corrected chi connectivity index (χ3v) is 5.92. The zero-order valence-corrected chi connectivity index (χ0v) is 14.7. The van der Waals surface area contributed by atoms with E-state index in [-0.39, 0.29) is 0 Å². The number of hydrogen-bond acceptors (Lipinski definition) is 2. The van der Waals surface area contributed by atoms with Gasteiger partial charge in [-0.1, -0.05) is 62.1 Å². The summed E-state index contributed by atoms with van der Waals surface area (Å²) in [6, 6.07) is 20.1. The van der Waals surface area contributed by atoms with E-state index in [1.54, 1.807) is 6.21 Å². The summed E-state index contributed by atoms with van der Waals surface area (Å²) in [5, 5.41) is 14.2. The quantitative estimate of drug-likeness (QED) is 0.544. The summed E-state index contributed by atoms with van der Waals surface area (Å²) >= 11 is 0. The van der Waals surface area contributed by atoms with Crippen LogP contribution in [0.4, 0.5) is 5.69 Å². The van der Waals surface area contributed by atoms with E-state index in [4.69, 9.17) is 0 Å². The molecule has 3 aromatic carbocycles. The maximum Gasteiger partial charge on any atom is 0.124 e. The first-order valence-corrected chi connectivity index (χ1v) is 11.3. The van der Waals surface area contributed by atoms with Crippen LogP contribution in [0.5, 0.6) is 5.75 Å². The zero-order chi connectivity index (χ0) is 16.4. The predicted octanol–water partition coefficient (Wildman–Crippen LogP) is 4.84. The van der Waals surface area contributed by atoms with Crippen LogP contribution in [-0.2, 0) is 0 Å². The van der Waals surface area contributed by atoms with E-state index in [2.05, 4.69) is 36.8 Å². The van der Waals surface area contributed by atoms with Crippen LogP contribution < -0.4 is 5.19 Å². The Morgan fingerprint density at radius 2 is 1.57 bits per heavy atom. The Kier molecular flexibility index (Phi) is 4.05. The Morgan fingerprint density at radius 1 is 0.913 bits per heavy atom. The molecule has 3 rings (SSSR count). The summed E-state index contributed by atoms with van der Waals surface area (Å²) in [6.07, 6.45) is 1.76. The van der Waals surface area contributed by atoms with Gasteiger partial charge in [0.15, 0.2) is 0 Å². The molecule has 0 aliphatic carbocycles. The summed E-state index contributed by atoms with van der Waals surface area (Å²) in [7, 11) is -1.69. The molecule has 2 nitrogen and oxygen atoms in total. The first-order valence-electron chi connectivity index (χ1n) is 7.81. The van der Waals surface area contributed by atoms with E-state index >= 15 is 0 Å². The molecular formula is C20H21NOSi. The van der Waals surface area contributed by atoms with Crippen LogP contribution >= 0.6 is 0 Å². The molecule has 23 heavy (non-hydrogen) atoms. The van der Waals surface area contributed by atoms with E-state index in [0.29, 0.717) is 5.75 Å². The monoisotopic (exact) mass is 319 g/mol. The van der Waals surface area contributed by atoms with Gasteiger partial charge in [0.25, 0.3) is 0 Å². The average Bonchev–Trinajstić information content (AvgIpc) is 2.52. The van der Waals surface area contributed by atoms with Crippen molar-refractivity contribution in [3.8, 4) is 5.75 Å². The van der Waals surface area contributed by atoms with Crippen molar-refractivity contribution in [2.24, 2.45) is 4.99 Å². The van der Waals surface area contributed by atoms with Gasteiger partial charge in [-0.15, -0.1) is 0 Å². The van der Waals surface area contributed by atoms with Gasteiger partial charge in [-0.25, -0.2) is 0 Å². The number of nitrogens with zero attached hydrogens (tertiary/aromatic N) is 1. The third-order valence-electron chi connectivity index (χ3n) is 3.91. The topological polar surface area (TPSA) is 32.6 Å². The molecule has 0 saturated heterocycles. The van der Waals surface area contributed by atoms with Crippen LogP contribution in [0.3, 0.4) is 0 Å². The highest BCUT2D eigenvalue weighted by atomic mass is 28.3. The van der Waals surface area contributed by atoms with E-state index in [0.717, 1.165) is 27.2 Å². The Bertz CT molecular complexity index is 864. The molecule has 0 aliphatic rings. The number of aromatic hydroxyl groups is 1. The highest BCUT2D eigenvalue weighted by Crippen LogP contribution is 2.26. The van der Waals surface area contributed by atoms with Gasteiger partial charge in [0.1, 0.15) is 5.75 Å². The third kappa shape index (κ3) is 3.20. The normalized spacial score (nSPS) is 12.1. The lowest BCUT2D eigenvalue weighted by Crippen LogP contribution is -2.38. The fourth-order valence-electron chi connectivity index (χ4n) is 2.87. The zero-order valence-electron chi connectivity index (χ0n) is 13.7. The SMILES string of the molecule is C[Si](C)(C)c1c(O)c(/C=N/c2ccccc2)cc2ccccc12. The number of para-hydroxylation sites is 1. The van der Waals surface area contributed by atoms with Crippen molar-refractivity contribution in [2.45, 2.75) is 19.6 Å². The first-order chi connectivity index (χ1) is 11.0. The molecule has 0 heterocycles. The summed E-state index contributed by atoms with van der Waals surface area (Å²) in [5.41, 5.74) is 1.67. The van der Waals surface area contributed by atoms with Gasteiger partial charge in [0.05, 0.1) is 13.8 Å². The minimum atomic E-state index is -1.69. The molecule has 0 fully saturated rings. The van der Waals surface area contributed by atoms with E-state index in [1.807, 2.05) is 48.5 Å². The number of phenols is 1. The highest BCUT2D eigenvalue weighted by Gasteiger charge is 2.24. The fraction of sp³-hybridized carbons (Fsp3) is 0.150. The van der Waals surface area contributed by atoms with Gasteiger partial charge in [0.2, 0.25) is 0 Å². The fourth-order valence-corrected chi connectivity index (χ4v) is 4.76. The number of aliphatic imine (C=N–C) groups is 1. The standard InChI is InChI=1S/C20H21NOSi/c1-23(2,3)20-18-12-8-7-9-15(18)13-16(19(20)22)14-21-17-10-5-4-6-11-17/h4-14,22H,1-3H3/b21-14+. The Labute approximate surface area is 138 Å². The van der Waals surface area contributed by atoms with E-state index in [9.17, 15) is 5.11 Å². The van der Waals surface area contributed by atoms with Crippen molar-refractivity contribution in [1.29, 1.82) is 0 Å². The summed E-state index contributed by atoms with van der Waals surface area (Å²) in [5.74, 6) is 0.377. The summed E-state index contributed by atoms with van der Waals surface area (Å²) in [4.78, 5) is 4.50. The van der Waals surface area contributed by atoms with Crippen molar-refractivity contribution >= 4 is 35.9 Å². The molecule has 0 unspecified atom stereocenters. The lowest BCUT2D eigenvalue weighted by atomic mass is 10.1. The Balaban J connectivity index is 2.18. The molecule has 0 spiro atoms. The molecule has 0 saturated carbocycles. The number of fused-ring (bicyclic) bond motifs is 1. The predicted molar refractivity (Wildman–Crippen MR) is 102 cm³/mol. The van der Waals surface area contributed by atoms with Crippen LogP contribution in [-0.4, -0.2) is 19.4 Å². The number of phenolic OH excluding ortho intramolecular Hbond substituents is 1. The molecule has 0 bridgehead atoms. The largest absolute Gasteiger partial charge is 0.507 e. The number of benzene rings is 3. The highest BCUT2D eigenvalue weighted by molar-refractivity contribution is 6.91. The smallest absolute Gasteiger partial charge is 0.124 e. The van der Waals surface area contributed by atoms with Crippen molar-refractivity contribution in [3.05, 3.63) is 66.2 Å². The molecule has 116 valence electrons. The van der Waals surface area contributed by atoms with Gasteiger partial charge >= 0.3 is 0 Å². The molecule has 1 N–H and O–H groups in total. The lowest BCUT2D eigenvalue weighted by molar-refractivity contribution is 0.479. The maximum absolute atomic E-state index is 10.8. The van der Waals surface area contributed by atoms with E-state index in [1.165, 1.54) is 0 Å². The van der Waals surface area contributed by atoms with Crippen LogP contribution in [0.1, 0.15) is 5.56 Å². The van der Waals surface area contributed by atoms with Crippen LogP contribution in [0.15, 0.2) is 65.7 Å². The van der Waals surface area contributed by atoms with Gasteiger partial charge < -0.3 is 5.11 Å².